The molecule has 2 heterocycles. The smallest absolute Gasteiger partial charge is 0.263 e. The van der Waals surface area contributed by atoms with E-state index < -0.39 is 16.6 Å². The Kier molecular flexibility index (Phi) is 9.70. The highest BCUT2D eigenvalue weighted by atomic mass is 35.5. The summed E-state index contributed by atoms with van der Waals surface area (Å²) in [5.74, 6) is 1.04. The number of anilines is 1. The molecule has 42 heavy (non-hydrogen) atoms. The number of nitrogens with zero attached hydrogens (tertiary/aromatic N) is 1. The van der Waals surface area contributed by atoms with Crippen molar-refractivity contribution in [3.8, 4) is 5.75 Å². The highest BCUT2D eigenvalue weighted by Gasteiger charge is 2.45. The van der Waals surface area contributed by atoms with E-state index in [-0.39, 0.29) is 28.9 Å². The van der Waals surface area contributed by atoms with Gasteiger partial charge in [0.25, 0.3) is 5.91 Å². The Balaban J connectivity index is 1.55. The first kappa shape index (κ1) is 31.1. The van der Waals surface area contributed by atoms with Crippen LogP contribution in [0.1, 0.15) is 87.2 Å². The van der Waals surface area contributed by atoms with Crippen molar-refractivity contribution in [2.45, 2.75) is 83.0 Å². The van der Waals surface area contributed by atoms with Crippen LogP contribution in [0.4, 0.5) is 5.69 Å². The number of benzene rings is 2. The second kappa shape index (κ2) is 13.1. The first-order valence-corrected chi connectivity index (χ1v) is 17.1. The number of aliphatic hydroxyl groups is 1. The van der Waals surface area contributed by atoms with Gasteiger partial charge in [-0.3, -0.25) is 9.52 Å². The van der Waals surface area contributed by atoms with Gasteiger partial charge in [0.15, 0.2) is 0 Å². The number of carbonyl (C=O) groups excluding carboxylic acids is 1. The van der Waals surface area contributed by atoms with Crippen LogP contribution in [0.3, 0.4) is 0 Å². The Bertz CT molecular complexity index is 1350. The monoisotopic (exact) mass is 612 g/mol. The van der Waals surface area contributed by atoms with E-state index in [1.165, 1.54) is 11.1 Å². The quantitative estimate of drug-likeness (QED) is 0.371. The SMILES string of the molecule is CCCc1cc(Cl)ccc1C1COc2ccc3cc2N(C1)CC1CCC1[C@](O)(CC)/C=C/CC(C)C(C)S(=O)NC3=O. The summed E-state index contributed by atoms with van der Waals surface area (Å²) in [5, 5.41) is 12.3. The minimum Gasteiger partial charge on any atom is -0.491 e. The van der Waals surface area contributed by atoms with E-state index in [2.05, 4.69) is 41.7 Å². The van der Waals surface area contributed by atoms with Crippen LogP contribution in [0.25, 0.3) is 0 Å². The van der Waals surface area contributed by atoms with Gasteiger partial charge in [-0.25, -0.2) is 4.21 Å². The average molecular weight is 613 g/mol. The molecule has 2 aromatic carbocycles. The lowest BCUT2D eigenvalue weighted by Crippen LogP contribution is -2.50. The van der Waals surface area contributed by atoms with Crippen molar-refractivity contribution < 1.29 is 18.8 Å². The van der Waals surface area contributed by atoms with Gasteiger partial charge in [0.1, 0.15) is 16.7 Å². The molecule has 0 spiro atoms. The molecule has 0 radical (unpaired) electrons. The minimum absolute atomic E-state index is 0.0759. The van der Waals surface area contributed by atoms with E-state index in [1.54, 1.807) is 6.07 Å². The third-order valence-corrected chi connectivity index (χ3v) is 11.6. The summed E-state index contributed by atoms with van der Waals surface area (Å²) in [6.07, 6.45) is 9.38. The number of nitrogens with one attached hydrogen (secondary N) is 1. The summed E-state index contributed by atoms with van der Waals surface area (Å²) in [7, 11) is -1.54. The fourth-order valence-electron chi connectivity index (χ4n) is 6.82. The van der Waals surface area contributed by atoms with Gasteiger partial charge in [-0.2, -0.15) is 0 Å². The van der Waals surface area contributed by atoms with E-state index in [0.29, 0.717) is 30.9 Å². The Morgan fingerprint density at radius 3 is 2.67 bits per heavy atom. The van der Waals surface area contributed by atoms with E-state index in [4.69, 9.17) is 16.3 Å². The standard InChI is InChI=1S/C34H45ClN2O4S/c1-5-8-24-17-28(35)12-13-29(24)27-20-37-19-26-10-14-30(26)34(39,6-2)16-7-9-22(3)23(4)42(40)36-33(38)25-11-15-32(41-21-27)31(37)18-25/h7,11-13,15-18,22-23,26-27,30,39H,5-6,8-10,14,19-21H2,1-4H3,(H,36,38)/b16-7+/t22?,23?,26?,27?,30?,34-,42?/m0/s1. The van der Waals surface area contributed by atoms with Crippen molar-refractivity contribution in [2.75, 3.05) is 24.6 Å². The summed E-state index contributed by atoms with van der Waals surface area (Å²) >= 11 is 6.40. The zero-order valence-electron chi connectivity index (χ0n) is 25.3. The first-order chi connectivity index (χ1) is 20.1. The molecule has 2 aromatic rings. The lowest BCUT2D eigenvalue weighted by Gasteiger charge is -2.48. The maximum absolute atomic E-state index is 13.3. The molecule has 2 aliphatic heterocycles. The minimum atomic E-state index is -1.54. The first-order valence-electron chi connectivity index (χ1n) is 15.5. The topological polar surface area (TPSA) is 78.9 Å². The summed E-state index contributed by atoms with van der Waals surface area (Å²) in [4.78, 5) is 15.7. The Hall–Kier alpha value is -2.35. The Morgan fingerprint density at radius 2 is 1.95 bits per heavy atom. The number of ether oxygens (including phenoxy) is 1. The third-order valence-electron chi connectivity index (χ3n) is 9.83. The third kappa shape index (κ3) is 6.44. The zero-order valence-corrected chi connectivity index (χ0v) is 26.8. The van der Waals surface area contributed by atoms with E-state index >= 15 is 0 Å². The predicted molar refractivity (Wildman–Crippen MR) is 172 cm³/mol. The number of halogens is 1. The van der Waals surface area contributed by atoms with E-state index in [9.17, 15) is 14.1 Å². The van der Waals surface area contributed by atoms with Crippen molar-refractivity contribution in [3.05, 3.63) is 70.3 Å². The van der Waals surface area contributed by atoms with Gasteiger partial charge >= 0.3 is 0 Å². The zero-order chi connectivity index (χ0) is 30.0. The van der Waals surface area contributed by atoms with Crippen LogP contribution in [-0.2, 0) is 17.4 Å². The molecule has 8 heteroatoms. The number of aryl methyl sites for hydroxylation is 1. The maximum atomic E-state index is 13.3. The molecular formula is C34H45ClN2O4S. The molecule has 0 saturated heterocycles. The highest BCUT2D eigenvalue weighted by molar-refractivity contribution is 7.84. The molecule has 2 N–H and O–H groups in total. The largest absolute Gasteiger partial charge is 0.491 e. The molecule has 2 bridgehead atoms. The van der Waals surface area contributed by atoms with Gasteiger partial charge in [-0.05, 0) is 98.2 Å². The Labute approximate surface area is 258 Å². The number of amides is 1. The second-order valence-corrected chi connectivity index (χ2v) is 14.5. The van der Waals surface area contributed by atoms with Gasteiger partial charge in [0, 0.05) is 29.6 Å². The number of allylic oxidation sites excluding steroid dienone is 1. The molecule has 1 amide bonds. The van der Waals surface area contributed by atoms with Gasteiger partial charge in [0.05, 0.1) is 23.1 Å². The molecule has 7 atom stereocenters. The number of fused-ring (bicyclic) bond motifs is 2. The molecule has 228 valence electrons. The lowest BCUT2D eigenvalue weighted by atomic mass is 9.63. The number of rotatable bonds is 4. The lowest BCUT2D eigenvalue weighted by molar-refractivity contribution is -0.0473. The van der Waals surface area contributed by atoms with Crippen LogP contribution in [-0.4, -0.2) is 45.8 Å². The van der Waals surface area contributed by atoms with E-state index in [0.717, 1.165) is 55.2 Å². The normalized spacial score (nSPS) is 32.5. The predicted octanol–water partition coefficient (Wildman–Crippen LogP) is 6.82. The van der Waals surface area contributed by atoms with Crippen molar-refractivity contribution in [1.29, 1.82) is 0 Å². The van der Waals surface area contributed by atoms with Gasteiger partial charge in [0.2, 0.25) is 0 Å². The van der Waals surface area contributed by atoms with Crippen LogP contribution in [0, 0.1) is 17.8 Å². The van der Waals surface area contributed by atoms with Crippen molar-refractivity contribution in [2.24, 2.45) is 17.8 Å². The molecule has 3 aliphatic rings. The van der Waals surface area contributed by atoms with Gasteiger partial charge < -0.3 is 14.7 Å². The van der Waals surface area contributed by atoms with Crippen molar-refractivity contribution in [3.63, 3.8) is 0 Å². The summed E-state index contributed by atoms with van der Waals surface area (Å²) in [6, 6.07) is 11.7. The average Bonchev–Trinajstić information content (AvgIpc) is 3.13. The molecule has 1 fully saturated rings. The van der Waals surface area contributed by atoms with Crippen LogP contribution < -0.4 is 14.4 Å². The van der Waals surface area contributed by atoms with Gasteiger partial charge in [-0.1, -0.05) is 57.0 Å². The maximum Gasteiger partial charge on any atom is 0.263 e. The summed E-state index contributed by atoms with van der Waals surface area (Å²) in [5.41, 5.74) is 2.95. The fourth-order valence-corrected chi connectivity index (χ4v) is 8.03. The van der Waals surface area contributed by atoms with Crippen LogP contribution >= 0.6 is 11.6 Å². The number of hydrogen-bond acceptors (Lipinski definition) is 5. The molecule has 6 unspecified atom stereocenters. The van der Waals surface area contributed by atoms with Crippen molar-refractivity contribution >= 4 is 34.2 Å². The summed E-state index contributed by atoms with van der Waals surface area (Å²) < 4.78 is 22.3. The van der Waals surface area contributed by atoms with Crippen LogP contribution in [0.5, 0.6) is 5.75 Å². The molecular weight excluding hydrogens is 568 g/mol. The molecule has 6 nitrogen and oxygen atoms in total. The number of hydrogen-bond donors (Lipinski definition) is 2. The second-order valence-electron chi connectivity index (χ2n) is 12.5. The van der Waals surface area contributed by atoms with Crippen LogP contribution in [0.15, 0.2) is 48.6 Å². The molecule has 0 aromatic heterocycles. The highest BCUT2D eigenvalue weighted by Crippen LogP contribution is 2.46. The Morgan fingerprint density at radius 1 is 1.14 bits per heavy atom. The molecule has 1 saturated carbocycles. The van der Waals surface area contributed by atoms with Gasteiger partial charge in [-0.15, -0.1) is 0 Å². The van der Waals surface area contributed by atoms with Crippen molar-refractivity contribution in [1.82, 2.24) is 4.72 Å². The van der Waals surface area contributed by atoms with Crippen LogP contribution in [0.2, 0.25) is 5.02 Å². The fraction of sp³-hybridized carbons (Fsp3) is 0.559. The van der Waals surface area contributed by atoms with E-state index in [1.807, 2.05) is 38.1 Å². The number of carbonyl (C=O) groups is 1. The molecule has 1 aliphatic carbocycles. The molecule has 5 rings (SSSR count). The summed E-state index contributed by atoms with van der Waals surface area (Å²) in [6.45, 7) is 10.2.